The molecule has 0 aliphatic carbocycles. The fourth-order valence-electron chi connectivity index (χ4n) is 2.95. The number of halogens is 2. The maximum Gasteiger partial charge on any atom is 0.295 e. The Morgan fingerprint density at radius 1 is 0.692 bits per heavy atom. The van der Waals surface area contributed by atoms with E-state index < -0.39 is 20.2 Å². The van der Waals surface area contributed by atoms with Gasteiger partial charge >= 0.3 is 0 Å². The van der Waals surface area contributed by atoms with Crippen LogP contribution in [-0.4, -0.2) is 25.9 Å². The zero-order valence-corrected chi connectivity index (χ0v) is 20.2. The Kier molecular flexibility index (Phi) is 6.16. The largest absolute Gasteiger partial charge is 0.295 e. The minimum Gasteiger partial charge on any atom is -0.282 e. The molecule has 2 N–H and O–H groups in total. The maximum absolute atomic E-state index is 12.0. The predicted octanol–water partition coefficient (Wildman–Crippen LogP) is 4.29. The van der Waals surface area contributed by atoms with Crippen molar-refractivity contribution in [1.29, 1.82) is 0 Å². The van der Waals surface area contributed by atoms with E-state index in [4.69, 9.17) is 0 Å². The predicted molar refractivity (Wildman–Crippen MR) is 116 cm³/mol. The van der Waals surface area contributed by atoms with Gasteiger partial charge in [-0.3, -0.25) is 9.11 Å². The summed E-state index contributed by atoms with van der Waals surface area (Å²) in [6.07, 6.45) is 0. The molecule has 0 saturated carbocycles. The monoisotopic (exact) mass is 622 g/mol. The van der Waals surface area contributed by atoms with Gasteiger partial charge in [0.15, 0.2) is 0 Å². The minimum absolute atomic E-state index is 0.0399. The van der Waals surface area contributed by atoms with E-state index in [0.717, 1.165) is 11.1 Å². The van der Waals surface area contributed by atoms with Crippen LogP contribution in [0.15, 0.2) is 21.9 Å². The van der Waals surface area contributed by atoms with Crippen molar-refractivity contribution in [2.75, 3.05) is 0 Å². The van der Waals surface area contributed by atoms with Gasteiger partial charge in [0.1, 0.15) is 9.79 Å². The standard InChI is InChI=1S/C16H16I2O6S2/c1-7-5-11(15(25(19,20)21)9(3)13(7)17)12-6-8(2)14(18)10(4)16(12)26(22,23)24/h5-6H,1-4H3,(H,19,20,21)(H,22,23,24). The second kappa shape index (κ2) is 7.28. The molecule has 0 saturated heterocycles. The van der Waals surface area contributed by atoms with Crippen LogP contribution >= 0.6 is 45.2 Å². The second-order valence-electron chi connectivity index (χ2n) is 5.97. The molecule has 2 aromatic rings. The Morgan fingerprint density at radius 2 is 0.962 bits per heavy atom. The fourth-order valence-corrected chi connectivity index (χ4v) is 6.04. The summed E-state index contributed by atoms with van der Waals surface area (Å²) in [6.45, 7) is 6.60. The van der Waals surface area contributed by atoms with Gasteiger partial charge in [0.2, 0.25) is 0 Å². The number of hydrogen-bond donors (Lipinski definition) is 2. The van der Waals surface area contributed by atoms with Crippen LogP contribution in [0, 0.1) is 34.8 Å². The first-order valence-corrected chi connectivity index (χ1v) is 12.3. The summed E-state index contributed by atoms with van der Waals surface area (Å²) in [5, 5.41) is 0. The topological polar surface area (TPSA) is 109 Å². The van der Waals surface area contributed by atoms with Crippen molar-refractivity contribution in [1.82, 2.24) is 0 Å². The van der Waals surface area contributed by atoms with Crippen LogP contribution in [0.3, 0.4) is 0 Å². The lowest BCUT2D eigenvalue weighted by atomic mass is 9.97. The SMILES string of the molecule is Cc1cc(-c2cc(C)c(I)c(C)c2S(=O)(=O)O)c(S(=O)(=O)O)c(C)c1I. The van der Waals surface area contributed by atoms with E-state index in [9.17, 15) is 25.9 Å². The molecule has 0 amide bonds. The van der Waals surface area contributed by atoms with Gasteiger partial charge in [-0.2, -0.15) is 16.8 Å². The first kappa shape index (κ1) is 22.0. The van der Waals surface area contributed by atoms with E-state index in [-0.39, 0.29) is 20.9 Å². The van der Waals surface area contributed by atoms with Gasteiger partial charge in [0.05, 0.1) is 0 Å². The molecule has 6 nitrogen and oxygen atoms in total. The van der Waals surface area contributed by atoms with Crippen molar-refractivity contribution in [3.63, 3.8) is 0 Å². The zero-order valence-electron chi connectivity index (χ0n) is 14.3. The molecule has 2 aromatic carbocycles. The highest BCUT2D eigenvalue weighted by molar-refractivity contribution is 14.1. The zero-order chi connectivity index (χ0) is 20.2. The Hall–Kier alpha value is -0.280. The molecule has 10 heteroatoms. The molecule has 0 aromatic heterocycles. The highest BCUT2D eigenvalue weighted by atomic mass is 127. The number of rotatable bonds is 3. The average molecular weight is 622 g/mol. The van der Waals surface area contributed by atoms with Crippen molar-refractivity contribution in [2.45, 2.75) is 37.5 Å². The second-order valence-corrected chi connectivity index (χ2v) is 10.8. The molecule has 0 atom stereocenters. The van der Waals surface area contributed by atoms with Crippen molar-refractivity contribution in [2.24, 2.45) is 0 Å². The third kappa shape index (κ3) is 3.94. The van der Waals surface area contributed by atoms with Crippen molar-refractivity contribution in [3.8, 4) is 11.1 Å². The van der Waals surface area contributed by atoms with Crippen LogP contribution in [0.1, 0.15) is 22.3 Å². The number of hydrogen-bond acceptors (Lipinski definition) is 4. The Labute approximate surface area is 180 Å². The molecule has 2 rings (SSSR count). The summed E-state index contributed by atoms with van der Waals surface area (Å²) in [5.74, 6) is 0. The van der Waals surface area contributed by atoms with Crippen LogP contribution in [0.4, 0.5) is 0 Å². The molecule has 0 bridgehead atoms. The van der Waals surface area contributed by atoms with Crippen LogP contribution in [0.5, 0.6) is 0 Å². The van der Waals surface area contributed by atoms with Crippen LogP contribution < -0.4 is 0 Å². The summed E-state index contributed by atoms with van der Waals surface area (Å²) in [4.78, 5) is -0.727. The van der Waals surface area contributed by atoms with Gasteiger partial charge in [0.25, 0.3) is 20.2 Å². The normalized spacial score (nSPS) is 12.5. The average Bonchev–Trinajstić information content (AvgIpc) is 2.46. The van der Waals surface area contributed by atoms with Crippen LogP contribution in [-0.2, 0) is 20.2 Å². The molecule has 0 aliphatic rings. The first-order valence-electron chi connectivity index (χ1n) is 7.22. The molecule has 26 heavy (non-hydrogen) atoms. The first-order chi connectivity index (χ1) is 11.7. The van der Waals surface area contributed by atoms with Gasteiger partial charge in [-0.15, -0.1) is 0 Å². The summed E-state index contributed by atoms with van der Waals surface area (Å²) in [5.41, 5.74) is 2.16. The summed E-state index contributed by atoms with van der Waals surface area (Å²) in [6, 6.07) is 3.02. The van der Waals surface area contributed by atoms with Gasteiger partial charge in [-0.05, 0) is 107 Å². The van der Waals surface area contributed by atoms with Crippen LogP contribution in [0.25, 0.3) is 11.1 Å². The highest BCUT2D eigenvalue weighted by Gasteiger charge is 2.29. The quantitative estimate of drug-likeness (QED) is 0.391. The van der Waals surface area contributed by atoms with E-state index in [0.29, 0.717) is 18.3 Å². The molecule has 0 unspecified atom stereocenters. The lowest BCUT2D eigenvalue weighted by molar-refractivity contribution is 0.479. The minimum atomic E-state index is -4.63. The Balaban J connectivity index is 3.18. The van der Waals surface area contributed by atoms with E-state index in [2.05, 4.69) is 0 Å². The van der Waals surface area contributed by atoms with E-state index in [1.54, 1.807) is 27.7 Å². The molecule has 0 aliphatic heterocycles. The van der Waals surface area contributed by atoms with Gasteiger partial charge in [0, 0.05) is 18.3 Å². The smallest absolute Gasteiger partial charge is 0.282 e. The van der Waals surface area contributed by atoms with Crippen molar-refractivity contribution >= 4 is 65.4 Å². The molecule has 0 heterocycles. The molecular weight excluding hydrogens is 606 g/mol. The van der Waals surface area contributed by atoms with E-state index in [1.165, 1.54) is 12.1 Å². The third-order valence-corrected chi connectivity index (χ3v) is 9.45. The molecule has 0 radical (unpaired) electrons. The molecule has 0 spiro atoms. The molecule has 142 valence electrons. The lowest BCUT2D eigenvalue weighted by Gasteiger charge is -2.19. The number of benzene rings is 2. The summed E-state index contributed by atoms with van der Waals surface area (Å²) in [7, 11) is -9.27. The lowest BCUT2D eigenvalue weighted by Crippen LogP contribution is -2.11. The van der Waals surface area contributed by atoms with Gasteiger partial charge in [-0.25, -0.2) is 0 Å². The van der Waals surface area contributed by atoms with Gasteiger partial charge < -0.3 is 0 Å². The summed E-state index contributed by atoms with van der Waals surface area (Å²) >= 11 is 3.94. The van der Waals surface area contributed by atoms with Gasteiger partial charge in [-0.1, -0.05) is 0 Å². The summed E-state index contributed by atoms with van der Waals surface area (Å²) < 4.78 is 69.0. The van der Waals surface area contributed by atoms with E-state index >= 15 is 0 Å². The number of aryl methyl sites for hydroxylation is 2. The fraction of sp³-hybridized carbons (Fsp3) is 0.250. The van der Waals surface area contributed by atoms with Crippen molar-refractivity contribution < 1.29 is 25.9 Å². The van der Waals surface area contributed by atoms with Crippen LogP contribution in [0.2, 0.25) is 0 Å². The molecule has 0 fully saturated rings. The Bertz CT molecular complexity index is 1040. The maximum atomic E-state index is 12.0. The molecular formula is C16H16I2O6S2. The van der Waals surface area contributed by atoms with Crippen molar-refractivity contribution in [3.05, 3.63) is 41.5 Å². The highest BCUT2D eigenvalue weighted by Crippen LogP contribution is 2.40. The third-order valence-electron chi connectivity index (χ3n) is 4.05. The van der Waals surface area contributed by atoms with E-state index in [1.807, 2.05) is 45.2 Å². The Morgan fingerprint density at radius 3 is 1.19 bits per heavy atom.